The van der Waals surface area contributed by atoms with Crippen LogP contribution in [0.2, 0.25) is 0 Å². The highest BCUT2D eigenvalue weighted by atomic mass is 16.7. The summed E-state index contributed by atoms with van der Waals surface area (Å²) in [5, 5.41) is 12.2. The molecule has 154 valence electrons. The first kappa shape index (κ1) is 20.1. The first-order chi connectivity index (χ1) is 13.8. The number of carbonyl (C=O) groups is 2. The van der Waals surface area contributed by atoms with Gasteiger partial charge in [0.15, 0.2) is 23.0 Å². The summed E-state index contributed by atoms with van der Waals surface area (Å²) in [7, 11) is 0. The number of carboxylic acids is 1. The lowest BCUT2D eigenvalue weighted by atomic mass is 10.1. The molecule has 4 N–H and O–H groups in total. The van der Waals surface area contributed by atoms with Crippen LogP contribution >= 0.6 is 0 Å². The number of amides is 1. The zero-order valence-electron chi connectivity index (χ0n) is 16.1. The quantitative estimate of drug-likeness (QED) is 0.696. The van der Waals surface area contributed by atoms with E-state index in [-0.39, 0.29) is 19.1 Å². The molecule has 0 radical (unpaired) electrons. The van der Waals surface area contributed by atoms with Crippen LogP contribution in [0.1, 0.15) is 34.6 Å². The molecule has 0 fully saturated rings. The molecule has 1 amide bonds. The van der Waals surface area contributed by atoms with E-state index in [0.717, 1.165) is 0 Å². The summed E-state index contributed by atoms with van der Waals surface area (Å²) in [4.78, 5) is 21.9. The molecule has 9 heteroatoms. The minimum Gasteiger partial charge on any atom is -0.478 e. The molecule has 2 aromatic rings. The number of aromatic carboxylic acids is 1. The van der Waals surface area contributed by atoms with Crippen molar-refractivity contribution < 1.29 is 33.6 Å². The van der Waals surface area contributed by atoms with E-state index in [4.69, 9.17) is 29.8 Å². The summed E-state index contributed by atoms with van der Waals surface area (Å²) in [5.74, 6) is 1.29. The molecule has 0 aliphatic carbocycles. The molecular weight excluding hydrogens is 380 g/mol. The highest BCUT2D eigenvalue weighted by Crippen LogP contribution is 2.37. The molecule has 0 atom stereocenters. The SMILES string of the molecule is CC(C)CNc1cc2c(cc1C(=O)O)OCO2.NC(=O)c1ccc2c(c1)OCO2. The highest BCUT2D eigenvalue weighted by molar-refractivity contribution is 5.95. The average Bonchev–Trinajstić information content (AvgIpc) is 3.33. The molecule has 9 nitrogen and oxygen atoms in total. The molecule has 2 aliphatic rings. The van der Waals surface area contributed by atoms with Crippen molar-refractivity contribution >= 4 is 17.6 Å². The van der Waals surface area contributed by atoms with Crippen molar-refractivity contribution in [3.8, 4) is 23.0 Å². The number of benzene rings is 2. The van der Waals surface area contributed by atoms with Crippen LogP contribution in [0.25, 0.3) is 0 Å². The van der Waals surface area contributed by atoms with E-state index in [1.165, 1.54) is 6.07 Å². The molecule has 2 heterocycles. The maximum Gasteiger partial charge on any atom is 0.337 e. The Kier molecular flexibility index (Phi) is 5.96. The fourth-order valence-corrected chi connectivity index (χ4v) is 2.63. The highest BCUT2D eigenvalue weighted by Gasteiger charge is 2.20. The Balaban J connectivity index is 0.000000176. The molecule has 0 spiro atoms. The topological polar surface area (TPSA) is 129 Å². The Hall–Kier alpha value is -3.62. The van der Waals surface area contributed by atoms with Crippen LogP contribution in [-0.4, -0.2) is 37.1 Å². The second-order valence-corrected chi connectivity index (χ2v) is 6.76. The van der Waals surface area contributed by atoms with Crippen LogP contribution in [0.3, 0.4) is 0 Å². The van der Waals surface area contributed by atoms with Gasteiger partial charge in [-0.25, -0.2) is 4.79 Å². The van der Waals surface area contributed by atoms with E-state index >= 15 is 0 Å². The minimum atomic E-state index is -0.977. The Morgan fingerprint density at radius 1 is 1.00 bits per heavy atom. The molecule has 0 aromatic heterocycles. The Morgan fingerprint density at radius 2 is 1.59 bits per heavy atom. The van der Waals surface area contributed by atoms with E-state index in [1.807, 2.05) is 0 Å². The van der Waals surface area contributed by atoms with Gasteiger partial charge in [0, 0.05) is 24.2 Å². The number of carbonyl (C=O) groups excluding carboxylic acids is 1. The van der Waals surface area contributed by atoms with Crippen LogP contribution in [0.5, 0.6) is 23.0 Å². The smallest absolute Gasteiger partial charge is 0.337 e. The number of hydrogen-bond donors (Lipinski definition) is 3. The van der Waals surface area contributed by atoms with Crippen LogP contribution in [-0.2, 0) is 0 Å². The molecule has 0 bridgehead atoms. The van der Waals surface area contributed by atoms with Gasteiger partial charge in [-0.2, -0.15) is 0 Å². The van der Waals surface area contributed by atoms with Crippen molar-refractivity contribution in [2.45, 2.75) is 13.8 Å². The Morgan fingerprint density at radius 3 is 2.17 bits per heavy atom. The first-order valence-corrected chi connectivity index (χ1v) is 8.95. The molecule has 4 rings (SSSR count). The largest absolute Gasteiger partial charge is 0.478 e. The summed E-state index contributed by atoms with van der Waals surface area (Å²) in [6, 6.07) is 8.02. The number of ether oxygens (including phenoxy) is 4. The molecule has 0 unspecified atom stereocenters. The number of rotatable bonds is 5. The summed E-state index contributed by atoms with van der Waals surface area (Å²) in [6.07, 6.45) is 0. The molecular formula is C20H22N2O7. The van der Waals surface area contributed by atoms with Crippen molar-refractivity contribution in [2.24, 2.45) is 11.7 Å². The third-order valence-electron chi connectivity index (χ3n) is 4.10. The molecule has 2 aromatic carbocycles. The van der Waals surface area contributed by atoms with Crippen molar-refractivity contribution in [3.05, 3.63) is 41.5 Å². The predicted octanol–water partition coefficient (Wildman–Crippen LogP) is 2.70. The molecule has 2 aliphatic heterocycles. The van der Waals surface area contributed by atoms with Gasteiger partial charge in [-0.05, 0) is 24.1 Å². The Labute approximate surface area is 167 Å². The van der Waals surface area contributed by atoms with Gasteiger partial charge in [-0.15, -0.1) is 0 Å². The third-order valence-corrected chi connectivity index (χ3v) is 4.10. The predicted molar refractivity (Wildman–Crippen MR) is 104 cm³/mol. The monoisotopic (exact) mass is 402 g/mol. The summed E-state index contributed by atoms with van der Waals surface area (Å²) < 4.78 is 20.5. The Bertz CT molecular complexity index is 927. The van der Waals surface area contributed by atoms with Crippen LogP contribution in [0, 0.1) is 5.92 Å². The van der Waals surface area contributed by atoms with Gasteiger partial charge < -0.3 is 35.1 Å². The van der Waals surface area contributed by atoms with E-state index in [0.29, 0.717) is 46.7 Å². The van der Waals surface area contributed by atoms with Gasteiger partial charge in [-0.3, -0.25) is 4.79 Å². The number of hydrogen-bond acceptors (Lipinski definition) is 7. The average molecular weight is 402 g/mol. The van der Waals surface area contributed by atoms with E-state index < -0.39 is 11.9 Å². The minimum absolute atomic E-state index is 0.141. The summed E-state index contributed by atoms with van der Waals surface area (Å²) >= 11 is 0. The number of primary amides is 1. The fourth-order valence-electron chi connectivity index (χ4n) is 2.63. The maximum absolute atomic E-state index is 11.1. The van der Waals surface area contributed by atoms with Gasteiger partial charge in [0.1, 0.15) is 0 Å². The number of fused-ring (bicyclic) bond motifs is 2. The van der Waals surface area contributed by atoms with Crippen molar-refractivity contribution in [1.82, 2.24) is 0 Å². The summed E-state index contributed by atoms with van der Waals surface area (Å²) in [6.45, 7) is 5.17. The summed E-state index contributed by atoms with van der Waals surface area (Å²) in [5.41, 5.74) is 6.27. The van der Waals surface area contributed by atoms with Gasteiger partial charge >= 0.3 is 5.97 Å². The maximum atomic E-state index is 11.1. The van der Waals surface area contributed by atoms with E-state index in [1.54, 1.807) is 24.3 Å². The van der Waals surface area contributed by atoms with Crippen molar-refractivity contribution in [3.63, 3.8) is 0 Å². The van der Waals surface area contributed by atoms with E-state index in [9.17, 15) is 9.59 Å². The zero-order chi connectivity index (χ0) is 21.0. The van der Waals surface area contributed by atoms with Crippen LogP contribution < -0.4 is 30.0 Å². The van der Waals surface area contributed by atoms with Crippen LogP contribution in [0.15, 0.2) is 30.3 Å². The van der Waals surface area contributed by atoms with Crippen molar-refractivity contribution in [2.75, 3.05) is 25.4 Å². The second kappa shape index (κ2) is 8.59. The molecule has 0 saturated carbocycles. The molecule has 29 heavy (non-hydrogen) atoms. The van der Waals surface area contributed by atoms with Gasteiger partial charge in [0.2, 0.25) is 19.5 Å². The number of nitrogens with two attached hydrogens (primary N) is 1. The lowest BCUT2D eigenvalue weighted by Gasteiger charge is -2.12. The fraction of sp³-hybridized carbons (Fsp3) is 0.300. The lowest BCUT2D eigenvalue weighted by Crippen LogP contribution is -2.11. The molecule has 0 saturated heterocycles. The van der Waals surface area contributed by atoms with Gasteiger partial charge in [0.05, 0.1) is 11.3 Å². The standard InChI is InChI=1S/C12H15NO4.C8H7NO3/c1-7(2)5-13-9-4-11-10(16-6-17-11)3-8(9)12(14)15;9-8(10)5-1-2-6-7(3-5)12-4-11-6/h3-4,7,13H,5-6H2,1-2H3,(H,14,15);1-3H,4H2,(H2,9,10). The van der Waals surface area contributed by atoms with Gasteiger partial charge in [-0.1, -0.05) is 13.8 Å². The normalized spacial score (nSPS) is 12.9. The first-order valence-electron chi connectivity index (χ1n) is 8.95. The van der Waals surface area contributed by atoms with E-state index in [2.05, 4.69) is 19.2 Å². The van der Waals surface area contributed by atoms with Gasteiger partial charge in [0.25, 0.3) is 0 Å². The van der Waals surface area contributed by atoms with Crippen molar-refractivity contribution in [1.29, 1.82) is 0 Å². The van der Waals surface area contributed by atoms with Crippen LogP contribution in [0.4, 0.5) is 5.69 Å². The number of anilines is 1. The number of carboxylic acid groups (broad SMARTS) is 1. The second-order valence-electron chi connectivity index (χ2n) is 6.76. The zero-order valence-corrected chi connectivity index (χ0v) is 16.1. The number of nitrogens with one attached hydrogen (secondary N) is 1. The lowest BCUT2D eigenvalue weighted by molar-refractivity contribution is 0.0697. The third kappa shape index (κ3) is 4.81.